The minimum Gasteiger partial charge on any atom is -0.460 e. The van der Waals surface area contributed by atoms with Crippen LogP contribution >= 0.6 is 34.8 Å². The van der Waals surface area contributed by atoms with E-state index in [-0.39, 0.29) is 22.0 Å². The largest absolute Gasteiger partial charge is 0.460 e. The second-order valence-electron chi connectivity index (χ2n) is 5.78. The third-order valence-corrected chi connectivity index (χ3v) is 4.89. The Morgan fingerprint density at radius 2 is 1.68 bits per heavy atom. The van der Waals surface area contributed by atoms with Crippen molar-refractivity contribution in [3.63, 3.8) is 0 Å². The zero-order valence-corrected chi connectivity index (χ0v) is 15.9. The SMILES string of the molecule is Cc1ccc(NC(=O)C2CC=CCC2C(=O)OCC(Cl)=C(Cl)Cl)cc1. The fourth-order valence-corrected chi connectivity index (χ4v) is 2.70. The van der Waals surface area contributed by atoms with Gasteiger partial charge in [-0.1, -0.05) is 64.7 Å². The number of ether oxygens (including phenoxy) is 1. The van der Waals surface area contributed by atoms with Gasteiger partial charge in [0.25, 0.3) is 0 Å². The number of carbonyl (C=O) groups is 2. The maximum absolute atomic E-state index is 12.6. The summed E-state index contributed by atoms with van der Waals surface area (Å²) in [4.78, 5) is 24.9. The van der Waals surface area contributed by atoms with Crippen LogP contribution in [0.5, 0.6) is 0 Å². The molecule has 1 aromatic carbocycles. The molecular formula is C18H18Cl3NO3. The molecule has 0 spiro atoms. The smallest absolute Gasteiger partial charge is 0.310 e. The molecule has 0 fully saturated rings. The maximum Gasteiger partial charge on any atom is 0.310 e. The number of hydrogen-bond acceptors (Lipinski definition) is 3. The minimum atomic E-state index is -0.575. The molecule has 1 aromatic rings. The van der Waals surface area contributed by atoms with E-state index in [1.165, 1.54) is 0 Å². The molecule has 1 aliphatic carbocycles. The van der Waals surface area contributed by atoms with Gasteiger partial charge in [0.15, 0.2) is 0 Å². The fourth-order valence-electron chi connectivity index (χ4n) is 2.53. The monoisotopic (exact) mass is 401 g/mol. The summed E-state index contributed by atoms with van der Waals surface area (Å²) in [5.74, 6) is -1.80. The van der Waals surface area contributed by atoms with E-state index in [9.17, 15) is 9.59 Å². The second kappa shape index (κ2) is 9.27. The minimum absolute atomic E-state index is 0.0451. The predicted molar refractivity (Wildman–Crippen MR) is 101 cm³/mol. The normalized spacial score (nSPS) is 19.2. The fraction of sp³-hybridized carbons (Fsp3) is 0.333. The summed E-state index contributed by atoms with van der Waals surface area (Å²) in [6, 6.07) is 7.47. The highest BCUT2D eigenvalue weighted by Gasteiger charge is 2.35. The van der Waals surface area contributed by atoms with Crippen LogP contribution in [0.15, 0.2) is 45.9 Å². The summed E-state index contributed by atoms with van der Waals surface area (Å²) in [7, 11) is 0. The molecule has 0 heterocycles. The number of anilines is 1. The summed E-state index contributed by atoms with van der Waals surface area (Å²) >= 11 is 16.8. The molecule has 7 heteroatoms. The Morgan fingerprint density at radius 1 is 1.08 bits per heavy atom. The average Bonchev–Trinajstić information content (AvgIpc) is 2.61. The molecule has 134 valence electrons. The molecule has 2 atom stereocenters. The van der Waals surface area contributed by atoms with E-state index in [0.717, 1.165) is 5.56 Å². The summed E-state index contributed by atoms with van der Waals surface area (Å²) in [5.41, 5.74) is 1.79. The van der Waals surface area contributed by atoms with Crippen LogP contribution in [0.2, 0.25) is 0 Å². The Labute approximate surface area is 161 Å². The molecule has 0 bridgehead atoms. The molecule has 0 saturated carbocycles. The zero-order chi connectivity index (χ0) is 18.4. The number of esters is 1. The van der Waals surface area contributed by atoms with Gasteiger partial charge in [-0.05, 0) is 31.9 Å². The molecule has 4 nitrogen and oxygen atoms in total. The highest BCUT2D eigenvalue weighted by atomic mass is 35.5. The first kappa shape index (κ1) is 19.8. The van der Waals surface area contributed by atoms with E-state index in [2.05, 4.69) is 5.32 Å². The third kappa shape index (κ3) is 5.77. The molecule has 2 rings (SSSR count). The number of carbonyl (C=O) groups excluding carboxylic acids is 2. The highest BCUT2D eigenvalue weighted by Crippen LogP contribution is 2.29. The van der Waals surface area contributed by atoms with Crippen molar-refractivity contribution in [2.75, 3.05) is 11.9 Å². The molecule has 0 saturated heterocycles. The summed E-state index contributed by atoms with van der Waals surface area (Å²) in [6.45, 7) is 1.76. The number of halogens is 3. The van der Waals surface area contributed by atoms with Crippen LogP contribution in [-0.4, -0.2) is 18.5 Å². The average molecular weight is 403 g/mol. The van der Waals surface area contributed by atoms with Crippen molar-refractivity contribution in [1.29, 1.82) is 0 Å². The lowest BCUT2D eigenvalue weighted by molar-refractivity contribution is -0.151. The van der Waals surface area contributed by atoms with Crippen LogP contribution in [0.4, 0.5) is 5.69 Å². The van der Waals surface area contributed by atoms with Crippen molar-refractivity contribution in [2.45, 2.75) is 19.8 Å². The van der Waals surface area contributed by atoms with Gasteiger partial charge in [0.2, 0.25) is 5.91 Å². The van der Waals surface area contributed by atoms with Crippen LogP contribution in [-0.2, 0) is 14.3 Å². The van der Waals surface area contributed by atoms with E-state index in [1.54, 1.807) is 0 Å². The lowest BCUT2D eigenvalue weighted by atomic mass is 9.82. The van der Waals surface area contributed by atoms with E-state index in [1.807, 2.05) is 43.3 Å². The number of aryl methyl sites for hydroxylation is 1. The molecule has 0 aliphatic heterocycles. The topological polar surface area (TPSA) is 55.4 Å². The Kier molecular flexibility index (Phi) is 7.36. The van der Waals surface area contributed by atoms with Gasteiger partial charge in [-0.3, -0.25) is 9.59 Å². The standard InChI is InChI=1S/C18H18Cl3NO3/c1-11-6-8-12(9-7-11)22-17(23)13-4-2-3-5-14(13)18(24)25-10-15(19)16(20)21/h2-3,6-9,13-14H,4-5,10H2,1H3,(H,22,23). The lowest BCUT2D eigenvalue weighted by Gasteiger charge is -2.26. The Morgan fingerprint density at radius 3 is 2.28 bits per heavy atom. The molecule has 0 aromatic heterocycles. The van der Waals surface area contributed by atoms with Crippen molar-refractivity contribution >= 4 is 52.4 Å². The zero-order valence-electron chi connectivity index (χ0n) is 13.6. The summed E-state index contributed by atoms with van der Waals surface area (Å²) in [6.07, 6.45) is 4.66. The number of amides is 1. The Hall–Kier alpha value is -1.49. The number of rotatable bonds is 5. The van der Waals surface area contributed by atoms with Crippen LogP contribution in [0.25, 0.3) is 0 Å². The van der Waals surface area contributed by atoms with E-state index in [4.69, 9.17) is 39.5 Å². The van der Waals surface area contributed by atoms with E-state index < -0.39 is 17.8 Å². The highest BCUT2D eigenvalue weighted by molar-refractivity contribution is 6.59. The first-order chi connectivity index (χ1) is 11.9. The quantitative estimate of drug-likeness (QED) is 0.560. The molecular weight excluding hydrogens is 385 g/mol. The van der Waals surface area contributed by atoms with Crippen molar-refractivity contribution in [1.82, 2.24) is 0 Å². The predicted octanol–water partition coefficient (Wildman–Crippen LogP) is 4.94. The first-order valence-electron chi connectivity index (χ1n) is 7.77. The molecule has 2 unspecified atom stereocenters. The van der Waals surface area contributed by atoms with Crippen LogP contribution in [0.3, 0.4) is 0 Å². The van der Waals surface area contributed by atoms with Crippen molar-refractivity contribution in [2.24, 2.45) is 11.8 Å². The van der Waals surface area contributed by atoms with Gasteiger partial charge in [0, 0.05) is 5.69 Å². The maximum atomic E-state index is 12.6. The van der Waals surface area contributed by atoms with Gasteiger partial charge in [0.1, 0.15) is 11.1 Å². The van der Waals surface area contributed by atoms with E-state index in [0.29, 0.717) is 18.5 Å². The molecule has 1 aliphatic rings. The summed E-state index contributed by atoms with van der Waals surface area (Å²) in [5, 5.41) is 2.89. The number of nitrogens with one attached hydrogen (secondary N) is 1. The number of allylic oxidation sites excluding steroid dienone is 2. The number of hydrogen-bond donors (Lipinski definition) is 1. The van der Waals surface area contributed by atoms with Crippen LogP contribution in [0, 0.1) is 18.8 Å². The van der Waals surface area contributed by atoms with Gasteiger partial charge in [-0.25, -0.2) is 0 Å². The van der Waals surface area contributed by atoms with Gasteiger partial charge < -0.3 is 10.1 Å². The third-order valence-electron chi connectivity index (χ3n) is 3.94. The van der Waals surface area contributed by atoms with Gasteiger partial charge in [-0.15, -0.1) is 0 Å². The lowest BCUT2D eigenvalue weighted by Crippen LogP contribution is -2.36. The van der Waals surface area contributed by atoms with E-state index >= 15 is 0 Å². The molecule has 1 amide bonds. The first-order valence-corrected chi connectivity index (χ1v) is 8.90. The van der Waals surface area contributed by atoms with Gasteiger partial charge >= 0.3 is 5.97 Å². The Bertz CT molecular complexity index is 694. The van der Waals surface area contributed by atoms with Crippen LogP contribution in [0.1, 0.15) is 18.4 Å². The van der Waals surface area contributed by atoms with Gasteiger partial charge in [-0.2, -0.15) is 0 Å². The van der Waals surface area contributed by atoms with Gasteiger partial charge in [0.05, 0.1) is 16.9 Å². The molecule has 25 heavy (non-hydrogen) atoms. The van der Waals surface area contributed by atoms with Crippen molar-refractivity contribution in [3.8, 4) is 0 Å². The van der Waals surface area contributed by atoms with Crippen LogP contribution < -0.4 is 5.32 Å². The summed E-state index contributed by atoms with van der Waals surface area (Å²) < 4.78 is 4.99. The molecule has 0 radical (unpaired) electrons. The van der Waals surface area contributed by atoms with Crippen molar-refractivity contribution < 1.29 is 14.3 Å². The number of benzene rings is 1. The Balaban J connectivity index is 2.03. The van der Waals surface area contributed by atoms with Crippen molar-refractivity contribution in [3.05, 3.63) is 51.5 Å². The molecule has 1 N–H and O–H groups in total. The second-order valence-corrected chi connectivity index (χ2v) is 7.19.